The molecule has 7 nitrogen and oxygen atoms in total. The van der Waals surface area contributed by atoms with Gasteiger partial charge in [-0.25, -0.2) is 0 Å². The van der Waals surface area contributed by atoms with E-state index in [0.29, 0.717) is 22.9 Å². The van der Waals surface area contributed by atoms with Crippen LogP contribution in [0.2, 0.25) is 5.02 Å². The fourth-order valence-corrected chi connectivity index (χ4v) is 6.96. The first-order chi connectivity index (χ1) is 19.0. The van der Waals surface area contributed by atoms with Crippen molar-refractivity contribution in [3.05, 3.63) is 58.1 Å². The largest absolute Gasteiger partial charge is 0.481 e. The lowest BCUT2D eigenvalue weighted by molar-refractivity contribution is -0.138. The van der Waals surface area contributed by atoms with E-state index in [1.807, 2.05) is 31.2 Å². The van der Waals surface area contributed by atoms with Crippen LogP contribution in [0.15, 0.2) is 42.0 Å². The molecule has 218 valence electrons. The van der Waals surface area contributed by atoms with Crippen molar-refractivity contribution in [3.8, 4) is 0 Å². The second-order valence-corrected chi connectivity index (χ2v) is 12.8. The molecule has 4 rings (SSSR count). The predicted molar refractivity (Wildman–Crippen MR) is 158 cm³/mol. The van der Waals surface area contributed by atoms with Crippen molar-refractivity contribution in [2.75, 3.05) is 0 Å². The van der Waals surface area contributed by atoms with Gasteiger partial charge < -0.3 is 15.3 Å². The van der Waals surface area contributed by atoms with Crippen LogP contribution in [0.3, 0.4) is 0 Å². The van der Waals surface area contributed by atoms with Gasteiger partial charge in [-0.05, 0) is 88.0 Å². The molecule has 1 aromatic carbocycles. The number of nitrogens with zero attached hydrogens (tertiary/aromatic N) is 1. The van der Waals surface area contributed by atoms with E-state index in [1.54, 1.807) is 6.92 Å². The lowest BCUT2D eigenvalue weighted by Crippen LogP contribution is -2.58. The molecule has 3 N–H and O–H groups in total. The first kappa shape index (κ1) is 30.3. The Balaban J connectivity index is 1.61. The number of hydrogen-bond donors (Lipinski definition) is 3. The van der Waals surface area contributed by atoms with Crippen LogP contribution >= 0.6 is 11.6 Å². The smallest absolute Gasteiger partial charge is 0.305 e. The topological polar surface area (TPSA) is 98.7 Å². The molecule has 1 saturated heterocycles. The molecule has 1 spiro atoms. The van der Waals surface area contributed by atoms with E-state index in [9.17, 15) is 14.4 Å². The maximum atomic E-state index is 14.4. The Labute approximate surface area is 243 Å². The molecule has 1 heterocycles. The summed E-state index contributed by atoms with van der Waals surface area (Å²) in [5.41, 5.74) is 2.10. The Morgan fingerprint density at radius 2 is 1.88 bits per heavy atom. The molecule has 0 bridgehead atoms. The zero-order valence-electron chi connectivity index (χ0n) is 24.2. The number of hydrogen-bond acceptors (Lipinski definition) is 4. The number of carbonyl (C=O) groups is 3. The summed E-state index contributed by atoms with van der Waals surface area (Å²) in [6.07, 6.45) is 13.5. The molecular formula is C32H44ClN3O4. The third-order valence-electron chi connectivity index (χ3n) is 8.56. The summed E-state index contributed by atoms with van der Waals surface area (Å²) in [4.78, 5) is 40.4. The van der Waals surface area contributed by atoms with Crippen molar-refractivity contribution < 1.29 is 19.5 Å². The van der Waals surface area contributed by atoms with Crippen LogP contribution < -0.4 is 10.6 Å². The molecule has 8 heteroatoms. The van der Waals surface area contributed by atoms with Gasteiger partial charge in [-0.15, -0.1) is 0 Å². The Bertz CT molecular complexity index is 1150. The third-order valence-corrected chi connectivity index (χ3v) is 8.77. The minimum Gasteiger partial charge on any atom is -0.481 e. The van der Waals surface area contributed by atoms with Gasteiger partial charge in [-0.2, -0.15) is 0 Å². The van der Waals surface area contributed by atoms with Crippen molar-refractivity contribution in [2.24, 2.45) is 11.8 Å². The number of aryl methyl sites for hydroxylation is 1. The summed E-state index contributed by atoms with van der Waals surface area (Å²) in [5, 5.41) is 16.3. The molecule has 2 aliphatic carbocycles. The Kier molecular flexibility index (Phi) is 9.78. The van der Waals surface area contributed by atoms with Gasteiger partial charge in [0.05, 0.1) is 12.1 Å². The van der Waals surface area contributed by atoms with Gasteiger partial charge in [0, 0.05) is 28.6 Å². The average molecular weight is 570 g/mol. The van der Waals surface area contributed by atoms with Gasteiger partial charge in [-0.1, -0.05) is 56.2 Å². The fraction of sp³-hybridized carbons (Fsp3) is 0.594. The maximum absolute atomic E-state index is 14.4. The van der Waals surface area contributed by atoms with E-state index in [2.05, 4.69) is 41.5 Å². The zero-order valence-corrected chi connectivity index (χ0v) is 25.0. The maximum Gasteiger partial charge on any atom is 0.305 e. The highest BCUT2D eigenvalue weighted by molar-refractivity contribution is 6.30. The lowest BCUT2D eigenvalue weighted by Gasteiger charge is -2.47. The number of carboxylic acid groups (broad SMARTS) is 1. The zero-order chi connectivity index (χ0) is 29.0. The molecule has 1 aromatic rings. The van der Waals surface area contributed by atoms with E-state index in [0.717, 1.165) is 49.7 Å². The molecular weight excluding hydrogens is 526 g/mol. The number of nitrogens with one attached hydrogen (secondary N) is 2. The second kappa shape index (κ2) is 12.9. The van der Waals surface area contributed by atoms with Crippen molar-refractivity contribution >= 4 is 29.4 Å². The summed E-state index contributed by atoms with van der Waals surface area (Å²) in [6, 6.07) is 4.99. The minimum absolute atomic E-state index is 0.00572. The van der Waals surface area contributed by atoms with E-state index in [1.165, 1.54) is 6.42 Å². The predicted octanol–water partition coefficient (Wildman–Crippen LogP) is 6.07. The minimum atomic E-state index is -0.944. The van der Waals surface area contributed by atoms with Crippen molar-refractivity contribution in [1.29, 1.82) is 0 Å². The van der Waals surface area contributed by atoms with E-state index < -0.39 is 18.1 Å². The van der Waals surface area contributed by atoms with Gasteiger partial charge in [0.25, 0.3) is 5.91 Å². The molecule has 0 radical (unpaired) electrons. The molecule has 1 aliphatic heterocycles. The SMILES string of the molecule is Cc1cc(Cl)cc(C2NC3(CCCCC3)N(C(CCC(C)C)C3C=CC(C(=O)N[C@H](C)CC(=O)O)=CC3)C2=O)c1. The van der Waals surface area contributed by atoms with Gasteiger partial charge in [0.1, 0.15) is 6.04 Å². The third kappa shape index (κ3) is 6.98. The number of halogens is 1. The molecule has 4 atom stereocenters. The van der Waals surface area contributed by atoms with Crippen LogP contribution in [0.4, 0.5) is 0 Å². The summed E-state index contributed by atoms with van der Waals surface area (Å²) in [6.45, 7) is 8.12. The molecule has 3 aliphatic rings. The van der Waals surface area contributed by atoms with Crippen molar-refractivity contribution in [2.45, 2.75) is 109 Å². The van der Waals surface area contributed by atoms with Gasteiger partial charge in [-0.3, -0.25) is 19.7 Å². The quantitative estimate of drug-likeness (QED) is 0.318. The average Bonchev–Trinajstić information content (AvgIpc) is 3.15. The van der Waals surface area contributed by atoms with Crippen LogP contribution in [0.1, 0.15) is 95.7 Å². The molecule has 0 aromatic heterocycles. The highest BCUT2D eigenvalue weighted by Gasteiger charge is 2.54. The van der Waals surface area contributed by atoms with Gasteiger partial charge in [0.15, 0.2) is 0 Å². The summed E-state index contributed by atoms with van der Waals surface area (Å²) < 4.78 is 0. The highest BCUT2D eigenvalue weighted by Crippen LogP contribution is 2.45. The first-order valence-electron chi connectivity index (χ1n) is 14.8. The normalized spacial score (nSPS) is 23.8. The van der Waals surface area contributed by atoms with Crippen LogP contribution in [0.25, 0.3) is 0 Å². The number of amides is 2. The summed E-state index contributed by atoms with van der Waals surface area (Å²) in [5.74, 6) is -0.513. The lowest BCUT2D eigenvalue weighted by atomic mass is 9.81. The number of aliphatic carboxylic acids is 1. The standard InChI is InChI=1S/C32H44ClN3O4/c1-20(2)8-13-27(23-9-11-24(12-10-23)30(39)34-22(4)18-28(37)38)36-31(40)29(25-16-21(3)17-26(33)19-25)35-32(36)14-6-5-7-15-32/h9,11-12,16-17,19-20,22-23,27,29,35H,5-8,10,13-15,18H2,1-4H3,(H,34,39)(H,37,38)/t22-,23?,27?,29?/m1/s1. The van der Waals surface area contributed by atoms with Crippen molar-refractivity contribution in [1.82, 2.24) is 15.5 Å². The van der Waals surface area contributed by atoms with Crippen LogP contribution in [0, 0.1) is 18.8 Å². The van der Waals surface area contributed by atoms with Crippen LogP contribution in [-0.2, 0) is 14.4 Å². The molecule has 1 saturated carbocycles. The molecule has 40 heavy (non-hydrogen) atoms. The van der Waals surface area contributed by atoms with Crippen LogP contribution in [0.5, 0.6) is 0 Å². The highest BCUT2D eigenvalue weighted by atomic mass is 35.5. The second-order valence-electron chi connectivity index (χ2n) is 12.4. The molecule has 2 fully saturated rings. The summed E-state index contributed by atoms with van der Waals surface area (Å²) in [7, 11) is 0. The number of carbonyl (C=O) groups excluding carboxylic acids is 2. The fourth-order valence-electron chi connectivity index (χ4n) is 6.66. The number of benzene rings is 1. The number of allylic oxidation sites excluding steroid dienone is 1. The first-order valence-corrected chi connectivity index (χ1v) is 15.2. The Hall–Kier alpha value is -2.64. The van der Waals surface area contributed by atoms with E-state index in [4.69, 9.17) is 16.7 Å². The number of rotatable bonds is 10. The Morgan fingerprint density at radius 3 is 2.48 bits per heavy atom. The Morgan fingerprint density at radius 1 is 1.15 bits per heavy atom. The van der Waals surface area contributed by atoms with E-state index >= 15 is 0 Å². The number of carboxylic acids is 1. The summed E-state index contributed by atoms with van der Waals surface area (Å²) >= 11 is 6.42. The monoisotopic (exact) mass is 569 g/mol. The molecule has 2 amide bonds. The van der Waals surface area contributed by atoms with Crippen LogP contribution in [-0.4, -0.2) is 45.5 Å². The van der Waals surface area contributed by atoms with Crippen molar-refractivity contribution in [3.63, 3.8) is 0 Å². The van der Waals surface area contributed by atoms with E-state index in [-0.39, 0.29) is 35.9 Å². The molecule has 3 unspecified atom stereocenters. The van der Waals surface area contributed by atoms with Gasteiger partial charge in [0.2, 0.25) is 5.91 Å². The van der Waals surface area contributed by atoms with Gasteiger partial charge >= 0.3 is 5.97 Å².